The Kier molecular flexibility index (Phi) is 8.40. The molecule has 0 aromatic heterocycles. The van der Waals surface area contributed by atoms with Gasteiger partial charge in [-0.05, 0) is 36.6 Å². The van der Waals surface area contributed by atoms with Crippen molar-refractivity contribution in [2.45, 2.75) is 26.7 Å². The van der Waals surface area contributed by atoms with Gasteiger partial charge >= 0.3 is 0 Å². The number of piperazine rings is 1. The van der Waals surface area contributed by atoms with Crippen molar-refractivity contribution in [3.63, 3.8) is 0 Å². The maximum atomic E-state index is 13.7. The number of benzene rings is 2. The molecule has 0 unspecified atom stereocenters. The Balaban J connectivity index is 1.55. The number of ether oxygens (including phenoxy) is 1. The molecule has 0 radical (unpaired) electrons. The van der Waals surface area contributed by atoms with Crippen LogP contribution in [0, 0.1) is 11.7 Å². The predicted molar refractivity (Wildman–Crippen MR) is 124 cm³/mol. The molecule has 3 amide bonds. The van der Waals surface area contributed by atoms with Gasteiger partial charge in [0.1, 0.15) is 11.6 Å². The highest BCUT2D eigenvalue weighted by Gasteiger charge is 2.26. The average Bonchev–Trinajstić information content (AvgIpc) is 2.82. The lowest BCUT2D eigenvalue weighted by atomic mass is 10.1. The summed E-state index contributed by atoms with van der Waals surface area (Å²) >= 11 is 0. The molecule has 1 aliphatic heterocycles. The molecule has 8 heteroatoms. The molecule has 0 spiro atoms. The fraction of sp³-hybridized carbons (Fsp3) is 0.400. The third-order valence-corrected chi connectivity index (χ3v) is 5.48. The summed E-state index contributed by atoms with van der Waals surface area (Å²) < 4.78 is 19.3. The maximum Gasteiger partial charge on any atom is 0.262 e. The Hall–Kier alpha value is -3.42. The second-order valence-corrected chi connectivity index (χ2v) is 8.42. The van der Waals surface area contributed by atoms with Crippen LogP contribution < -0.4 is 10.1 Å². The molecule has 1 heterocycles. The number of para-hydroxylation sites is 2. The van der Waals surface area contributed by atoms with Crippen LogP contribution in [-0.4, -0.2) is 60.3 Å². The normalized spacial score (nSPS) is 13.7. The minimum absolute atomic E-state index is 0.0660. The van der Waals surface area contributed by atoms with Gasteiger partial charge in [-0.1, -0.05) is 38.1 Å². The van der Waals surface area contributed by atoms with Crippen molar-refractivity contribution in [3.05, 3.63) is 59.9 Å². The summed E-state index contributed by atoms with van der Waals surface area (Å²) in [5.41, 5.74) is 0.409. The summed E-state index contributed by atoms with van der Waals surface area (Å²) in [5.74, 6) is -0.405. The maximum absolute atomic E-state index is 13.7. The number of hydrogen-bond donors (Lipinski definition) is 1. The molecular formula is C25H30FN3O4. The van der Waals surface area contributed by atoms with Crippen LogP contribution in [0.1, 0.15) is 37.0 Å². The van der Waals surface area contributed by atoms with E-state index in [1.807, 2.05) is 4.90 Å². The van der Waals surface area contributed by atoms with Crippen LogP contribution in [0.4, 0.5) is 10.1 Å². The quantitative estimate of drug-likeness (QED) is 0.660. The zero-order valence-corrected chi connectivity index (χ0v) is 19.1. The smallest absolute Gasteiger partial charge is 0.262 e. The van der Waals surface area contributed by atoms with Crippen LogP contribution in [0.3, 0.4) is 0 Å². The number of nitrogens with zero attached hydrogens (tertiary/aromatic N) is 2. The van der Waals surface area contributed by atoms with E-state index in [-0.39, 0.29) is 29.9 Å². The highest BCUT2D eigenvalue weighted by atomic mass is 19.1. The first-order chi connectivity index (χ1) is 15.8. The van der Waals surface area contributed by atoms with Gasteiger partial charge < -0.3 is 19.9 Å². The van der Waals surface area contributed by atoms with Gasteiger partial charge in [-0.15, -0.1) is 0 Å². The summed E-state index contributed by atoms with van der Waals surface area (Å²) in [6, 6.07) is 12.6. The monoisotopic (exact) mass is 455 g/mol. The first-order valence-corrected chi connectivity index (χ1v) is 11.2. The summed E-state index contributed by atoms with van der Waals surface area (Å²) in [6.07, 6.45) is 1.38. The van der Waals surface area contributed by atoms with Crippen molar-refractivity contribution in [1.29, 1.82) is 0 Å². The van der Waals surface area contributed by atoms with E-state index in [2.05, 4.69) is 19.2 Å². The first-order valence-electron chi connectivity index (χ1n) is 11.2. The van der Waals surface area contributed by atoms with E-state index in [4.69, 9.17) is 4.74 Å². The van der Waals surface area contributed by atoms with Crippen LogP contribution in [0.25, 0.3) is 0 Å². The molecule has 1 fully saturated rings. The molecule has 3 rings (SSSR count). The van der Waals surface area contributed by atoms with E-state index < -0.39 is 11.7 Å². The number of nitrogens with one attached hydrogen (secondary N) is 1. The molecule has 33 heavy (non-hydrogen) atoms. The van der Waals surface area contributed by atoms with Crippen LogP contribution in [0.2, 0.25) is 0 Å². The van der Waals surface area contributed by atoms with Crippen molar-refractivity contribution in [3.8, 4) is 5.75 Å². The highest BCUT2D eigenvalue weighted by Crippen LogP contribution is 2.21. The second kappa shape index (κ2) is 11.4. The van der Waals surface area contributed by atoms with Crippen LogP contribution in [-0.2, 0) is 9.59 Å². The Morgan fingerprint density at radius 2 is 1.61 bits per heavy atom. The predicted octanol–water partition coefficient (Wildman–Crippen LogP) is 3.56. The lowest BCUT2D eigenvalue weighted by Crippen LogP contribution is -2.50. The minimum atomic E-state index is -0.539. The average molecular weight is 456 g/mol. The Bertz CT molecular complexity index is 987. The number of amides is 3. The lowest BCUT2D eigenvalue weighted by Gasteiger charge is -2.35. The fourth-order valence-corrected chi connectivity index (χ4v) is 3.56. The standard InChI is InChI=1S/C25H30FN3O4/c1-18(2)11-12-24(31)28-13-15-29(16-14-28)25(32)19-7-3-6-10-22(19)33-17-23(30)27-21-9-5-4-8-20(21)26/h3-10,18H,11-17H2,1-2H3,(H,27,30). The van der Waals surface area contributed by atoms with Crippen molar-refractivity contribution in [1.82, 2.24) is 9.80 Å². The molecular weight excluding hydrogens is 425 g/mol. The van der Waals surface area contributed by atoms with Crippen LogP contribution in [0.15, 0.2) is 48.5 Å². The zero-order chi connectivity index (χ0) is 23.8. The van der Waals surface area contributed by atoms with Crippen LogP contribution in [0.5, 0.6) is 5.75 Å². The first kappa shape index (κ1) is 24.2. The summed E-state index contributed by atoms with van der Waals surface area (Å²) in [4.78, 5) is 41.1. The van der Waals surface area contributed by atoms with Gasteiger partial charge in [-0.2, -0.15) is 0 Å². The topological polar surface area (TPSA) is 79.0 Å². The van der Waals surface area contributed by atoms with Crippen molar-refractivity contribution in [2.24, 2.45) is 5.92 Å². The van der Waals surface area contributed by atoms with E-state index in [0.717, 1.165) is 6.42 Å². The van der Waals surface area contributed by atoms with Gasteiger partial charge in [0.25, 0.3) is 11.8 Å². The van der Waals surface area contributed by atoms with Gasteiger partial charge in [0.05, 0.1) is 11.3 Å². The van der Waals surface area contributed by atoms with Gasteiger partial charge in [0, 0.05) is 32.6 Å². The number of anilines is 1. The van der Waals surface area contributed by atoms with E-state index in [0.29, 0.717) is 44.1 Å². The molecule has 2 aromatic carbocycles. The number of carbonyl (C=O) groups is 3. The molecule has 0 bridgehead atoms. The largest absolute Gasteiger partial charge is 0.483 e. The molecule has 7 nitrogen and oxygen atoms in total. The second-order valence-electron chi connectivity index (χ2n) is 8.42. The van der Waals surface area contributed by atoms with Gasteiger partial charge in [0.2, 0.25) is 5.91 Å². The van der Waals surface area contributed by atoms with Crippen molar-refractivity contribution >= 4 is 23.4 Å². The van der Waals surface area contributed by atoms with Gasteiger partial charge in [-0.25, -0.2) is 4.39 Å². The molecule has 1 aliphatic rings. The third-order valence-electron chi connectivity index (χ3n) is 5.48. The molecule has 0 saturated carbocycles. The number of rotatable bonds is 8. The number of hydrogen-bond acceptors (Lipinski definition) is 4. The van der Waals surface area contributed by atoms with E-state index in [1.54, 1.807) is 35.2 Å². The van der Waals surface area contributed by atoms with E-state index in [9.17, 15) is 18.8 Å². The Labute approximate surface area is 193 Å². The Morgan fingerprint density at radius 1 is 0.970 bits per heavy atom. The molecule has 0 atom stereocenters. The molecule has 2 aromatic rings. The zero-order valence-electron chi connectivity index (χ0n) is 19.1. The van der Waals surface area contributed by atoms with Crippen molar-refractivity contribution in [2.75, 3.05) is 38.1 Å². The number of halogens is 1. The minimum Gasteiger partial charge on any atom is -0.483 e. The van der Waals surface area contributed by atoms with Gasteiger partial charge in [-0.3, -0.25) is 14.4 Å². The molecule has 176 valence electrons. The Morgan fingerprint density at radius 3 is 2.30 bits per heavy atom. The third kappa shape index (κ3) is 6.78. The molecule has 0 aliphatic carbocycles. The molecule has 1 saturated heterocycles. The highest BCUT2D eigenvalue weighted by molar-refractivity contribution is 5.97. The van der Waals surface area contributed by atoms with E-state index in [1.165, 1.54) is 18.2 Å². The lowest BCUT2D eigenvalue weighted by molar-refractivity contribution is -0.133. The van der Waals surface area contributed by atoms with Gasteiger partial charge in [0.15, 0.2) is 6.61 Å². The molecule has 1 N–H and O–H groups in total. The summed E-state index contributed by atoms with van der Waals surface area (Å²) in [7, 11) is 0. The fourth-order valence-electron chi connectivity index (χ4n) is 3.56. The summed E-state index contributed by atoms with van der Waals surface area (Å²) in [5, 5.41) is 2.45. The summed E-state index contributed by atoms with van der Waals surface area (Å²) in [6.45, 7) is 5.69. The van der Waals surface area contributed by atoms with Crippen LogP contribution >= 0.6 is 0 Å². The van der Waals surface area contributed by atoms with Crippen molar-refractivity contribution < 1.29 is 23.5 Å². The SMILES string of the molecule is CC(C)CCC(=O)N1CCN(C(=O)c2ccccc2OCC(=O)Nc2ccccc2F)CC1. The van der Waals surface area contributed by atoms with E-state index >= 15 is 0 Å². The number of carbonyl (C=O) groups excluding carboxylic acids is 3.